The van der Waals surface area contributed by atoms with E-state index in [1.807, 2.05) is 6.07 Å². The van der Waals surface area contributed by atoms with Crippen LogP contribution in [0.4, 0.5) is 5.69 Å². The maximum absolute atomic E-state index is 13.1. The number of aryl methyl sites for hydroxylation is 1. The lowest BCUT2D eigenvalue weighted by Gasteiger charge is -2.21. The van der Waals surface area contributed by atoms with Crippen LogP contribution in [0.25, 0.3) is 16.9 Å². The lowest BCUT2D eigenvalue weighted by molar-refractivity contribution is 0.0994. The molecule has 37 heavy (non-hydrogen) atoms. The van der Waals surface area contributed by atoms with Crippen molar-refractivity contribution in [1.82, 2.24) is 14.1 Å². The van der Waals surface area contributed by atoms with Gasteiger partial charge in [-0.05, 0) is 54.8 Å². The summed E-state index contributed by atoms with van der Waals surface area (Å²) in [6, 6.07) is 11.3. The van der Waals surface area contributed by atoms with Gasteiger partial charge in [0.05, 0.1) is 22.5 Å². The Morgan fingerprint density at radius 1 is 1.08 bits per heavy atom. The Labute approximate surface area is 216 Å². The van der Waals surface area contributed by atoms with Crippen LogP contribution in [0.3, 0.4) is 0 Å². The maximum Gasteiger partial charge on any atom is 0.269 e. The highest BCUT2D eigenvalue weighted by molar-refractivity contribution is 7.92. The molecule has 0 radical (unpaired) electrons. The molecule has 194 valence electrons. The number of benzene rings is 2. The summed E-state index contributed by atoms with van der Waals surface area (Å²) in [4.78, 5) is 12.3. The molecule has 1 amide bonds. The molecule has 0 unspecified atom stereocenters. The Morgan fingerprint density at radius 2 is 1.73 bits per heavy atom. The lowest BCUT2D eigenvalue weighted by Crippen LogP contribution is -2.31. The van der Waals surface area contributed by atoms with Gasteiger partial charge in [-0.3, -0.25) is 9.52 Å². The quantitative estimate of drug-likeness (QED) is 0.377. The summed E-state index contributed by atoms with van der Waals surface area (Å²) in [7, 11) is -7.31. The second-order valence-corrected chi connectivity index (χ2v) is 12.3. The van der Waals surface area contributed by atoms with Crippen LogP contribution >= 0.6 is 0 Å². The molecular formula is C25H27N5O5S2. The number of primary amides is 1. The summed E-state index contributed by atoms with van der Waals surface area (Å²) in [6.45, 7) is 7.50. The van der Waals surface area contributed by atoms with Crippen molar-refractivity contribution in [2.75, 3.05) is 24.1 Å². The van der Waals surface area contributed by atoms with Gasteiger partial charge in [0, 0.05) is 29.9 Å². The fourth-order valence-electron chi connectivity index (χ4n) is 4.37. The number of nitrogens with zero attached hydrogens (tertiary/aromatic N) is 3. The van der Waals surface area contributed by atoms with Crippen molar-refractivity contribution >= 4 is 31.6 Å². The number of rotatable bonds is 10. The minimum atomic E-state index is -3.80. The first-order valence-electron chi connectivity index (χ1n) is 11.3. The Kier molecular flexibility index (Phi) is 7.09. The number of aromatic nitrogens is 2. The monoisotopic (exact) mass is 541 g/mol. The van der Waals surface area contributed by atoms with E-state index in [4.69, 9.17) is 5.73 Å². The normalized spacial score (nSPS) is 13.0. The van der Waals surface area contributed by atoms with Crippen molar-refractivity contribution in [3.05, 3.63) is 84.6 Å². The zero-order chi connectivity index (χ0) is 27.0. The number of nitrogens with one attached hydrogen (secondary N) is 1. The molecule has 1 heterocycles. The predicted octanol–water partition coefficient (Wildman–Crippen LogP) is 2.47. The number of hydrogen-bond donors (Lipinski definition) is 2. The molecule has 2 aromatic carbocycles. The van der Waals surface area contributed by atoms with Gasteiger partial charge in [-0.1, -0.05) is 18.2 Å². The first kappa shape index (κ1) is 26.3. The van der Waals surface area contributed by atoms with E-state index in [1.165, 1.54) is 28.6 Å². The van der Waals surface area contributed by atoms with Gasteiger partial charge < -0.3 is 5.73 Å². The summed E-state index contributed by atoms with van der Waals surface area (Å²) in [6.07, 6.45) is 5.20. The summed E-state index contributed by atoms with van der Waals surface area (Å²) in [5.41, 5.74) is 9.52. The first-order valence-corrected chi connectivity index (χ1v) is 14.6. The number of anilines is 1. The van der Waals surface area contributed by atoms with Crippen LogP contribution in [0.15, 0.2) is 72.7 Å². The van der Waals surface area contributed by atoms with Crippen LogP contribution in [0.5, 0.6) is 0 Å². The Hall–Kier alpha value is -3.74. The third-order valence-corrected chi connectivity index (χ3v) is 8.37. The highest BCUT2D eigenvalue weighted by Gasteiger charge is 2.29. The van der Waals surface area contributed by atoms with Gasteiger partial charge >= 0.3 is 0 Å². The SMILES string of the molecule is C=CCN(CC=C)S(=O)(=O)c1ccc(-n2nc(C(N)=O)c3c2-c2cc(NS(C)(=O)=O)ccc2CC3)cc1. The topological polar surface area (TPSA) is 144 Å². The molecule has 0 aliphatic heterocycles. The van der Waals surface area contributed by atoms with E-state index in [-0.39, 0.29) is 23.7 Å². The molecule has 3 aromatic rings. The average molecular weight is 542 g/mol. The Balaban J connectivity index is 1.83. The van der Waals surface area contributed by atoms with Gasteiger partial charge in [0.2, 0.25) is 20.0 Å². The van der Waals surface area contributed by atoms with E-state index in [0.717, 1.165) is 11.8 Å². The smallest absolute Gasteiger partial charge is 0.269 e. The molecule has 0 saturated carbocycles. The Bertz CT molecular complexity index is 1600. The first-order chi connectivity index (χ1) is 17.5. The van der Waals surface area contributed by atoms with E-state index in [1.54, 1.807) is 28.9 Å². The molecule has 12 heteroatoms. The maximum atomic E-state index is 13.1. The van der Waals surface area contributed by atoms with Gasteiger partial charge in [0.25, 0.3) is 5.91 Å². The predicted molar refractivity (Wildman–Crippen MR) is 143 cm³/mol. The highest BCUT2D eigenvalue weighted by atomic mass is 32.2. The van der Waals surface area contributed by atoms with E-state index >= 15 is 0 Å². The minimum absolute atomic E-state index is 0.0798. The number of hydrogen-bond acceptors (Lipinski definition) is 6. The molecular weight excluding hydrogens is 514 g/mol. The molecule has 10 nitrogen and oxygen atoms in total. The number of sulfonamides is 2. The number of fused-ring (bicyclic) bond motifs is 3. The highest BCUT2D eigenvalue weighted by Crippen LogP contribution is 2.38. The summed E-state index contributed by atoms with van der Waals surface area (Å²) < 4.78 is 55.0. The summed E-state index contributed by atoms with van der Waals surface area (Å²) >= 11 is 0. The van der Waals surface area contributed by atoms with Crippen molar-refractivity contribution < 1.29 is 21.6 Å². The van der Waals surface area contributed by atoms with Gasteiger partial charge in [0.1, 0.15) is 0 Å². The zero-order valence-electron chi connectivity index (χ0n) is 20.2. The fraction of sp³-hybridized carbons (Fsp3) is 0.200. The summed E-state index contributed by atoms with van der Waals surface area (Å²) in [5, 5.41) is 4.47. The van der Waals surface area contributed by atoms with Gasteiger partial charge in [0.15, 0.2) is 5.69 Å². The molecule has 1 aromatic heterocycles. The van der Waals surface area contributed by atoms with Gasteiger partial charge in [-0.2, -0.15) is 9.40 Å². The zero-order valence-corrected chi connectivity index (χ0v) is 21.8. The standard InChI is InChI=1S/C25H27N5O5S2/c1-4-14-29(15-5-2)37(34,35)20-11-9-19(10-12-20)30-24-21(23(27-30)25(26)31)13-7-17-6-8-18(16-22(17)24)28-36(3,32)33/h4-6,8-12,16,28H,1-2,7,13-15H2,3H3,(H2,26,31). The van der Waals surface area contributed by atoms with Crippen molar-refractivity contribution in [2.45, 2.75) is 17.7 Å². The molecule has 1 aliphatic carbocycles. The largest absolute Gasteiger partial charge is 0.364 e. The molecule has 0 saturated heterocycles. The van der Waals surface area contributed by atoms with Crippen molar-refractivity contribution in [3.8, 4) is 16.9 Å². The second kappa shape index (κ2) is 9.96. The number of amides is 1. The number of nitrogens with two attached hydrogens (primary N) is 1. The van der Waals surface area contributed by atoms with Crippen LogP contribution in [0.2, 0.25) is 0 Å². The van der Waals surface area contributed by atoms with Crippen LogP contribution < -0.4 is 10.5 Å². The second-order valence-electron chi connectivity index (χ2n) is 8.59. The van der Waals surface area contributed by atoms with Crippen LogP contribution in [-0.2, 0) is 32.9 Å². The molecule has 1 aliphatic rings. The molecule has 0 bridgehead atoms. The van der Waals surface area contributed by atoms with Crippen LogP contribution in [0, 0.1) is 0 Å². The lowest BCUT2D eigenvalue weighted by atomic mass is 9.88. The third-order valence-electron chi connectivity index (χ3n) is 5.91. The average Bonchev–Trinajstić information content (AvgIpc) is 3.23. The van der Waals surface area contributed by atoms with Crippen LogP contribution in [0.1, 0.15) is 21.6 Å². The third kappa shape index (κ3) is 5.22. The van der Waals surface area contributed by atoms with E-state index in [9.17, 15) is 21.6 Å². The fourth-order valence-corrected chi connectivity index (χ4v) is 6.30. The van der Waals surface area contributed by atoms with E-state index < -0.39 is 26.0 Å². The van der Waals surface area contributed by atoms with E-state index in [2.05, 4.69) is 23.0 Å². The van der Waals surface area contributed by atoms with Crippen molar-refractivity contribution in [3.63, 3.8) is 0 Å². The molecule has 0 atom stereocenters. The molecule has 0 fully saturated rings. The molecule has 0 spiro atoms. The number of carbonyl (C=O) groups is 1. The molecule has 4 rings (SSSR count). The van der Waals surface area contributed by atoms with Crippen molar-refractivity contribution in [2.24, 2.45) is 5.73 Å². The van der Waals surface area contributed by atoms with E-state index in [0.29, 0.717) is 41.0 Å². The summed E-state index contributed by atoms with van der Waals surface area (Å²) in [5.74, 6) is -0.687. The van der Waals surface area contributed by atoms with Crippen molar-refractivity contribution in [1.29, 1.82) is 0 Å². The molecule has 3 N–H and O–H groups in total. The number of carbonyl (C=O) groups excluding carboxylic acids is 1. The van der Waals surface area contributed by atoms with Gasteiger partial charge in [-0.15, -0.1) is 13.2 Å². The van der Waals surface area contributed by atoms with Gasteiger partial charge in [-0.25, -0.2) is 21.5 Å². The minimum Gasteiger partial charge on any atom is -0.364 e. The van der Waals surface area contributed by atoms with Crippen LogP contribution in [-0.4, -0.2) is 56.2 Å². The Morgan fingerprint density at radius 3 is 2.30 bits per heavy atom.